The van der Waals surface area contributed by atoms with Crippen LogP contribution in [0, 0.1) is 0 Å². The number of ether oxygens (including phenoxy) is 2. The van der Waals surface area contributed by atoms with Crippen LogP contribution in [0.1, 0.15) is 41.4 Å². The molecule has 28 heavy (non-hydrogen) atoms. The van der Waals surface area contributed by atoms with Gasteiger partial charge in [-0.05, 0) is 49.2 Å². The average Bonchev–Trinajstić information content (AvgIpc) is 3.34. The van der Waals surface area contributed by atoms with Crippen molar-refractivity contribution in [3.8, 4) is 11.5 Å². The van der Waals surface area contributed by atoms with E-state index in [-0.39, 0.29) is 24.3 Å². The second-order valence-electron chi connectivity index (χ2n) is 6.86. The number of nitrogens with zero attached hydrogens (tertiary/aromatic N) is 1. The van der Waals surface area contributed by atoms with Crippen LogP contribution < -0.4 is 20.3 Å². The zero-order valence-electron chi connectivity index (χ0n) is 15.5. The van der Waals surface area contributed by atoms with E-state index in [2.05, 4.69) is 15.8 Å². The number of carbonyl (C=O) groups is 2. The van der Waals surface area contributed by atoms with Crippen LogP contribution in [0.3, 0.4) is 0 Å². The molecule has 148 valence electrons. The number of nitrogens with one attached hydrogen (secondary N) is 2. The second kappa shape index (κ2) is 8.35. The van der Waals surface area contributed by atoms with Crippen molar-refractivity contribution in [2.45, 2.75) is 25.3 Å². The lowest BCUT2D eigenvalue weighted by Gasteiger charge is -2.24. The van der Waals surface area contributed by atoms with E-state index < -0.39 is 5.91 Å². The van der Waals surface area contributed by atoms with Gasteiger partial charge in [0.2, 0.25) is 0 Å². The lowest BCUT2D eigenvalue weighted by molar-refractivity contribution is -0.123. The molecule has 4 rings (SSSR count). The molecule has 1 saturated heterocycles. The van der Waals surface area contributed by atoms with Crippen molar-refractivity contribution in [2.24, 2.45) is 0 Å². The van der Waals surface area contributed by atoms with Gasteiger partial charge >= 0.3 is 5.91 Å². The molecule has 0 radical (unpaired) electrons. The average molecular weight is 385 g/mol. The fourth-order valence-corrected chi connectivity index (χ4v) is 3.60. The molecule has 1 aromatic heterocycles. The summed E-state index contributed by atoms with van der Waals surface area (Å²) in [5.74, 6) is 0.910. The van der Waals surface area contributed by atoms with Crippen molar-refractivity contribution < 1.29 is 23.5 Å². The summed E-state index contributed by atoms with van der Waals surface area (Å²) in [4.78, 5) is 26.2. The van der Waals surface area contributed by atoms with Gasteiger partial charge in [-0.1, -0.05) is 6.07 Å². The molecule has 1 aromatic carbocycles. The SMILES string of the molecule is O=C(CN1CCC[C@H]1c1ccc2c(c1)OCCCO2)NNC(=O)c1ccco1. The monoisotopic (exact) mass is 385 g/mol. The minimum Gasteiger partial charge on any atom is -0.490 e. The van der Waals surface area contributed by atoms with E-state index in [0.29, 0.717) is 13.2 Å². The van der Waals surface area contributed by atoms with Gasteiger partial charge in [0.25, 0.3) is 5.91 Å². The molecule has 0 saturated carbocycles. The van der Waals surface area contributed by atoms with Crippen molar-refractivity contribution in [2.75, 3.05) is 26.3 Å². The van der Waals surface area contributed by atoms with E-state index in [1.165, 1.54) is 12.3 Å². The van der Waals surface area contributed by atoms with Crippen LogP contribution in [0.15, 0.2) is 41.0 Å². The Kier molecular flexibility index (Phi) is 5.48. The van der Waals surface area contributed by atoms with Crippen LogP contribution in [-0.2, 0) is 4.79 Å². The molecule has 0 spiro atoms. The van der Waals surface area contributed by atoms with Crippen LogP contribution in [0.25, 0.3) is 0 Å². The maximum atomic E-state index is 12.3. The molecule has 8 nitrogen and oxygen atoms in total. The highest BCUT2D eigenvalue weighted by atomic mass is 16.5. The first kappa shape index (κ1) is 18.4. The van der Waals surface area contributed by atoms with E-state index in [9.17, 15) is 9.59 Å². The zero-order valence-corrected chi connectivity index (χ0v) is 15.5. The van der Waals surface area contributed by atoms with Gasteiger partial charge in [0.15, 0.2) is 17.3 Å². The van der Waals surface area contributed by atoms with Crippen LogP contribution >= 0.6 is 0 Å². The van der Waals surface area contributed by atoms with Gasteiger partial charge in [0.05, 0.1) is 26.0 Å². The molecular formula is C20H23N3O5. The number of rotatable bonds is 4. The molecule has 3 heterocycles. The topological polar surface area (TPSA) is 93.0 Å². The number of hydrogen-bond donors (Lipinski definition) is 2. The number of hydrogen-bond acceptors (Lipinski definition) is 6. The molecule has 0 aliphatic carbocycles. The number of amides is 2. The smallest absolute Gasteiger partial charge is 0.305 e. The molecular weight excluding hydrogens is 362 g/mol. The van der Waals surface area contributed by atoms with E-state index in [1.807, 2.05) is 18.2 Å². The van der Waals surface area contributed by atoms with E-state index in [0.717, 1.165) is 42.9 Å². The number of hydrazine groups is 1. The first-order valence-electron chi connectivity index (χ1n) is 9.47. The Morgan fingerprint density at radius 2 is 1.93 bits per heavy atom. The van der Waals surface area contributed by atoms with Crippen molar-refractivity contribution in [3.05, 3.63) is 47.9 Å². The number of furan rings is 1. The Morgan fingerprint density at radius 3 is 2.75 bits per heavy atom. The van der Waals surface area contributed by atoms with Crippen LogP contribution in [0.5, 0.6) is 11.5 Å². The minimum absolute atomic E-state index is 0.128. The van der Waals surface area contributed by atoms with Gasteiger partial charge in [0.1, 0.15) is 0 Å². The first-order chi connectivity index (χ1) is 13.7. The summed E-state index contributed by atoms with van der Waals surface area (Å²) in [5.41, 5.74) is 5.91. The third-order valence-corrected chi connectivity index (χ3v) is 4.93. The molecule has 2 aromatic rings. The summed E-state index contributed by atoms with van der Waals surface area (Å²) in [6.45, 7) is 2.31. The van der Waals surface area contributed by atoms with E-state index >= 15 is 0 Å². The quantitative estimate of drug-likeness (QED) is 0.783. The molecule has 8 heteroatoms. The third-order valence-electron chi connectivity index (χ3n) is 4.93. The van der Waals surface area contributed by atoms with Crippen molar-refractivity contribution >= 4 is 11.8 Å². The highest BCUT2D eigenvalue weighted by Crippen LogP contribution is 2.37. The molecule has 2 amide bonds. The van der Waals surface area contributed by atoms with Gasteiger partial charge < -0.3 is 13.9 Å². The van der Waals surface area contributed by atoms with Gasteiger partial charge in [-0.25, -0.2) is 0 Å². The Labute approximate surface area is 162 Å². The van der Waals surface area contributed by atoms with Crippen LogP contribution in [0.4, 0.5) is 0 Å². The Bertz CT molecular complexity index is 836. The number of benzene rings is 1. The van der Waals surface area contributed by atoms with E-state index in [1.54, 1.807) is 6.07 Å². The van der Waals surface area contributed by atoms with Gasteiger partial charge in [0, 0.05) is 12.5 Å². The highest BCUT2D eigenvalue weighted by Gasteiger charge is 2.28. The fourth-order valence-electron chi connectivity index (χ4n) is 3.60. The molecule has 2 aliphatic rings. The molecule has 2 aliphatic heterocycles. The molecule has 0 unspecified atom stereocenters. The van der Waals surface area contributed by atoms with Crippen LogP contribution in [0.2, 0.25) is 0 Å². The van der Waals surface area contributed by atoms with Crippen molar-refractivity contribution in [1.29, 1.82) is 0 Å². The Balaban J connectivity index is 1.36. The van der Waals surface area contributed by atoms with Gasteiger partial charge in [-0.3, -0.25) is 25.3 Å². The number of likely N-dealkylation sites (tertiary alicyclic amines) is 1. The highest BCUT2D eigenvalue weighted by molar-refractivity contribution is 5.93. The summed E-state index contributed by atoms with van der Waals surface area (Å²) in [5, 5.41) is 0. The van der Waals surface area contributed by atoms with Crippen LogP contribution in [-0.4, -0.2) is 43.0 Å². The molecule has 0 bridgehead atoms. The predicted molar refractivity (Wildman–Crippen MR) is 99.9 cm³/mol. The lowest BCUT2D eigenvalue weighted by Crippen LogP contribution is -2.46. The van der Waals surface area contributed by atoms with Crippen molar-refractivity contribution in [1.82, 2.24) is 15.8 Å². The lowest BCUT2D eigenvalue weighted by atomic mass is 10.0. The number of carbonyl (C=O) groups excluding carboxylic acids is 2. The summed E-state index contributed by atoms with van der Waals surface area (Å²) in [7, 11) is 0. The Morgan fingerprint density at radius 1 is 1.07 bits per heavy atom. The maximum Gasteiger partial charge on any atom is 0.305 e. The van der Waals surface area contributed by atoms with Gasteiger partial charge in [-0.2, -0.15) is 0 Å². The minimum atomic E-state index is -0.487. The third kappa shape index (κ3) is 4.12. The predicted octanol–water partition coefficient (Wildman–Crippen LogP) is 2.04. The maximum absolute atomic E-state index is 12.3. The summed E-state index contributed by atoms with van der Waals surface area (Å²) >= 11 is 0. The summed E-state index contributed by atoms with van der Waals surface area (Å²) in [6.07, 6.45) is 4.24. The number of fused-ring (bicyclic) bond motifs is 1. The zero-order chi connectivity index (χ0) is 19.3. The second-order valence-corrected chi connectivity index (χ2v) is 6.86. The summed E-state index contributed by atoms with van der Waals surface area (Å²) in [6, 6.07) is 9.26. The standard InChI is InChI=1S/C20H23N3O5/c24-19(21-22-20(25)17-5-2-9-27-17)13-23-8-1-4-15(23)14-6-7-16-18(12-14)28-11-3-10-26-16/h2,5-7,9,12,15H,1,3-4,8,10-11,13H2,(H,21,24)(H,22,25)/t15-/m0/s1. The molecule has 2 N–H and O–H groups in total. The fraction of sp³-hybridized carbons (Fsp3) is 0.400. The molecule has 1 atom stereocenters. The van der Waals surface area contributed by atoms with Gasteiger partial charge in [-0.15, -0.1) is 0 Å². The van der Waals surface area contributed by atoms with E-state index in [4.69, 9.17) is 13.9 Å². The Hall–Kier alpha value is -3.00. The summed E-state index contributed by atoms with van der Waals surface area (Å²) < 4.78 is 16.5. The molecule has 1 fully saturated rings. The normalized spacial score (nSPS) is 19.1. The largest absolute Gasteiger partial charge is 0.490 e. The van der Waals surface area contributed by atoms with Crippen molar-refractivity contribution in [3.63, 3.8) is 0 Å². The first-order valence-corrected chi connectivity index (χ1v) is 9.47.